The lowest BCUT2D eigenvalue weighted by molar-refractivity contribution is 0.409. The second kappa shape index (κ2) is 9.62. The van der Waals surface area contributed by atoms with Gasteiger partial charge in [0, 0.05) is 11.0 Å². The highest BCUT2D eigenvalue weighted by atomic mass is 15.3. The Balaban J connectivity index is 1.29. The predicted molar refractivity (Wildman–Crippen MR) is 165 cm³/mol. The second-order valence-electron chi connectivity index (χ2n) is 11.4. The van der Waals surface area contributed by atoms with E-state index >= 15 is 0 Å². The SMILES string of the molecule is Cc1cccc2c1-c1ccc(C3=NC(c4ccc(-c5ccccc5)cc4)NC(c4ccccc4)N3)cc1C2(C)C. The molecule has 7 rings (SSSR count). The summed E-state index contributed by atoms with van der Waals surface area (Å²) in [5.41, 5.74) is 12.6. The summed E-state index contributed by atoms with van der Waals surface area (Å²) in [4.78, 5) is 5.23. The summed E-state index contributed by atoms with van der Waals surface area (Å²) < 4.78 is 0. The molecule has 5 aromatic carbocycles. The third-order valence-electron chi connectivity index (χ3n) is 8.51. The van der Waals surface area contributed by atoms with Crippen LogP contribution in [-0.4, -0.2) is 5.84 Å². The molecule has 1 aliphatic carbocycles. The van der Waals surface area contributed by atoms with Crippen LogP contribution in [0.2, 0.25) is 0 Å². The van der Waals surface area contributed by atoms with Crippen LogP contribution < -0.4 is 10.6 Å². The third kappa shape index (κ3) is 4.14. The molecule has 0 saturated carbocycles. The fourth-order valence-corrected chi connectivity index (χ4v) is 6.30. The van der Waals surface area contributed by atoms with E-state index < -0.39 is 0 Å². The minimum Gasteiger partial charge on any atom is -0.350 e. The van der Waals surface area contributed by atoms with Crippen molar-refractivity contribution in [3.63, 3.8) is 0 Å². The van der Waals surface area contributed by atoms with Crippen molar-refractivity contribution in [2.24, 2.45) is 4.99 Å². The molecule has 196 valence electrons. The first-order valence-electron chi connectivity index (χ1n) is 14.0. The molecule has 0 spiro atoms. The molecular weight excluding hydrogens is 486 g/mol. The van der Waals surface area contributed by atoms with E-state index in [0.717, 1.165) is 17.0 Å². The average Bonchev–Trinajstić information content (AvgIpc) is 3.24. The summed E-state index contributed by atoms with van der Waals surface area (Å²) in [5.74, 6) is 0.913. The van der Waals surface area contributed by atoms with E-state index in [-0.39, 0.29) is 17.7 Å². The van der Waals surface area contributed by atoms with Crippen LogP contribution in [0.5, 0.6) is 0 Å². The molecule has 3 heteroatoms. The van der Waals surface area contributed by atoms with Gasteiger partial charge < -0.3 is 5.32 Å². The molecule has 0 aromatic heterocycles. The third-order valence-corrected chi connectivity index (χ3v) is 8.51. The highest BCUT2D eigenvalue weighted by Gasteiger charge is 2.37. The van der Waals surface area contributed by atoms with Crippen molar-refractivity contribution >= 4 is 5.84 Å². The van der Waals surface area contributed by atoms with E-state index in [1.807, 2.05) is 0 Å². The van der Waals surface area contributed by atoms with Gasteiger partial charge in [-0.25, -0.2) is 4.99 Å². The molecule has 40 heavy (non-hydrogen) atoms. The molecule has 0 bridgehead atoms. The first-order chi connectivity index (χ1) is 19.5. The summed E-state index contributed by atoms with van der Waals surface area (Å²) >= 11 is 0. The van der Waals surface area contributed by atoms with Crippen LogP contribution in [0, 0.1) is 6.92 Å². The van der Waals surface area contributed by atoms with E-state index in [9.17, 15) is 0 Å². The van der Waals surface area contributed by atoms with E-state index in [4.69, 9.17) is 4.99 Å². The molecule has 1 heterocycles. The van der Waals surface area contributed by atoms with Gasteiger partial charge in [0.2, 0.25) is 0 Å². The van der Waals surface area contributed by atoms with Gasteiger partial charge in [-0.2, -0.15) is 0 Å². The van der Waals surface area contributed by atoms with E-state index in [2.05, 4.69) is 153 Å². The first-order valence-corrected chi connectivity index (χ1v) is 14.0. The number of hydrogen-bond acceptors (Lipinski definition) is 3. The van der Waals surface area contributed by atoms with Gasteiger partial charge in [0.25, 0.3) is 0 Å². The number of nitrogens with zero attached hydrogens (tertiary/aromatic N) is 1. The van der Waals surface area contributed by atoms with Crippen LogP contribution in [0.15, 0.2) is 126 Å². The molecule has 1 aliphatic heterocycles. The second-order valence-corrected chi connectivity index (χ2v) is 11.4. The Morgan fingerprint density at radius 1 is 0.625 bits per heavy atom. The summed E-state index contributed by atoms with van der Waals surface area (Å²) in [6.07, 6.45) is -0.236. The van der Waals surface area contributed by atoms with E-state index in [1.54, 1.807) is 0 Å². The number of amidine groups is 1. The summed E-state index contributed by atoms with van der Waals surface area (Å²) in [7, 11) is 0. The Morgan fingerprint density at radius 2 is 1.30 bits per heavy atom. The highest BCUT2D eigenvalue weighted by Crippen LogP contribution is 2.50. The largest absolute Gasteiger partial charge is 0.350 e. The minimum atomic E-state index is -0.174. The molecule has 2 N–H and O–H groups in total. The topological polar surface area (TPSA) is 36.4 Å². The van der Waals surface area contributed by atoms with Gasteiger partial charge in [-0.05, 0) is 63.1 Å². The molecule has 0 amide bonds. The van der Waals surface area contributed by atoms with Gasteiger partial charge in [0.1, 0.15) is 18.2 Å². The maximum atomic E-state index is 5.23. The van der Waals surface area contributed by atoms with Crippen molar-refractivity contribution in [3.8, 4) is 22.3 Å². The van der Waals surface area contributed by atoms with Crippen LogP contribution in [0.25, 0.3) is 22.3 Å². The van der Waals surface area contributed by atoms with E-state index in [0.29, 0.717) is 0 Å². The Hall–Kier alpha value is -4.47. The molecule has 2 atom stereocenters. The van der Waals surface area contributed by atoms with Gasteiger partial charge in [-0.3, -0.25) is 5.32 Å². The Morgan fingerprint density at radius 3 is 2.05 bits per heavy atom. The van der Waals surface area contributed by atoms with Crippen molar-refractivity contribution < 1.29 is 0 Å². The van der Waals surface area contributed by atoms with Gasteiger partial charge in [-0.1, -0.05) is 129 Å². The molecule has 5 aromatic rings. The maximum Gasteiger partial charge on any atom is 0.131 e. The number of hydrogen-bond donors (Lipinski definition) is 2. The number of rotatable bonds is 4. The Kier molecular flexibility index (Phi) is 5.91. The quantitative estimate of drug-likeness (QED) is 0.251. The summed E-state index contributed by atoms with van der Waals surface area (Å²) in [5, 5.41) is 7.45. The number of aliphatic imine (C=N–C) groups is 1. The van der Waals surface area contributed by atoms with Crippen LogP contribution >= 0.6 is 0 Å². The first kappa shape index (κ1) is 24.6. The normalized spacial score (nSPS) is 18.8. The van der Waals surface area contributed by atoms with E-state index in [1.165, 1.54) is 44.5 Å². The monoisotopic (exact) mass is 519 g/mol. The van der Waals surface area contributed by atoms with Gasteiger partial charge >= 0.3 is 0 Å². The average molecular weight is 520 g/mol. The van der Waals surface area contributed by atoms with Crippen LogP contribution in [0.1, 0.15) is 59.6 Å². The Labute approximate surface area is 236 Å². The highest BCUT2D eigenvalue weighted by molar-refractivity contribution is 6.01. The number of benzene rings is 5. The van der Waals surface area contributed by atoms with Crippen molar-refractivity contribution in [2.45, 2.75) is 38.5 Å². The number of aryl methyl sites for hydroxylation is 1. The molecule has 0 saturated heterocycles. The van der Waals surface area contributed by atoms with Gasteiger partial charge in [0.15, 0.2) is 0 Å². The zero-order chi connectivity index (χ0) is 27.3. The van der Waals surface area contributed by atoms with Crippen LogP contribution in [0.4, 0.5) is 0 Å². The van der Waals surface area contributed by atoms with Crippen molar-refractivity contribution in [2.75, 3.05) is 0 Å². The molecule has 0 radical (unpaired) electrons. The zero-order valence-electron chi connectivity index (χ0n) is 23.1. The molecule has 2 aliphatic rings. The lowest BCUT2D eigenvalue weighted by Crippen LogP contribution is -2.45. The van der Waals surface area contributed by atoms with Gasteiger partial charge in [0.05, 0.1) is 0 Å². The summed E-state index contributed by atoms with van der Waals surface area (Å²) in [6.45, 7) is 6.89. The molecule has 0 fully saturated rings. The van der Waals surface area contributed by atoms with Crippen molar-refractivity contribution in [1.29, 1.82) is 0 Å². The lowest BCUT2D eigenvalue weighted by Gasteiger charge is -2.32. The molecule has 3 nitrogen and oxygen atoms in total. The number of nitrogens with one attached hydrogen (secondary N) is 2. The smallest absolute Gasteiger partial charge is 0.131 e. The van der Waals surface area contributed by atoms with Crippen LogP contribution in [0.3, 0.4) is 0 Å². The maximum absolute atomic E-state index is 5.23. The standard InChI is InChI=1S/C37H33N3/c1-24-11-10-16-31-33(24)30-22-21-29(23-32(30)37(31,2)3)36-39-34(27-14-8-5-9-15-27)38-35(40-36)28-19-17-26(18-20-28)25-12-6-4-7-13-25/h4-23,34-35,38H,1-3H3,(H,39,40). The molecule has 2 unspecified atom stereocenters. The fraction of sp³-hybridized carbons (Fsp3) is 0.162. The van der Waals surface area contributed by atoms with Gasteiger partial charge in [-0.15, -0.1) is 0 Å². The van der Waals surface area contributed by atoms with Crippen molar-refractivity contribution in [3.05, 3.63) is 155 Å². The zero-order valence-corrected chi connectivity index (χ0v) is 23.1. The summed E-state index contributed by atoms with van der Waals surface area (Å²) in [6, 6.07) is 43.4. The minimum absolute atomic E-state index is 0.0618. The number of fused-ring (bicyclic) bond motifs is 3. The predicted octanol–water partition coefficient (Wildman–Crippen LogP) is 8.31. The fourth-order valence-electron chi connectivity index (χ4n) is 6.30. The van der Waals surface area contributed by atoms with Crippen LogP contribution in [-0.2, 0) is 5.41 Å². The lowest BCUT2D eigenvalue weighted by atomic mass is 9.81. The Bertz CT molecular complexity index is 1720. The van der Waals surface area contributed by atoms with Crippen molar-refractivity contribution in [1.82, 2.24) is 10.6 Å². The molecular formula is C37H33N3.